The van der Waals surface area contributed by atoms with Crippen LogP contribution in [0.1, 0.15) is 59.8 Å². The first kappa shape index (κ1) is 16.3. The molecule has 5 nitrogen and oxygen atoms in total. The molecular weight excluding hydrogens is 312 g/mol. The Kier molecular flexibility index (Phi) is 5.20. The topological polar surface area (TPSA) is 58.6 Å². The van der Waals surface area contributed by atoms with Crippen LogP contribution in [0.2, 0.25) is 0 Å². The number of piperidine rings is 1. The molecule has 0 atom stereocenters. The Morgan fingerprint density at radius 1 is 1.13 bits per heavy atom. The van der Waals surface area contributed by atoms with Crippen molar-refractivity contribution in [1.82, 2.24) is 4.90 Å². The highest BCUT2D eigenvalue weighted by molar-refractivity contribution is 7.17. The number of amides is 2. The molecule has 1 aromatic rings. The minimum atomic E-state index is -0.473. The van der Waals surface area contributed by atoms with Gasteiger partial charge in [0.05, 0.1) is 12.2 Å². The number of likely N-dealkylation sites (tertiary alicyclic amines) is 1. The van der Waals surface area contributed by atoms with Crippen molar-refractivity contribution >= 4 is 28.3 Å². The zero-order chi connectivity index (χ0) is 16.2. The Bertz CT molecular complexity index is 591. The number of aryl methyl sites for hydroxylation is 1. The SMILES string of the molecule is CCOC(=O)Nc1sc2c(c1C(=O)N1CCCCC1)CCCC2. The Morgan fingerprint density at radius 3 is 2.61 bits per heavy atom. The predicted octanol–water partition coefficient (Wildman–Crippen LogP) is 3.82. The van der Waals surface area contributed by atoms with Gasteiger partial charge in [-0.25, -0.2) is 4.79 Å². The smallest absolute Gasteiger partial charge is 0.412 e. The van der Waals surface area contributed by atoms with Crippen molar-refractivity contribution in [3.8, 4) is 0 Å². The molecule has 0 bridgehead atoms. The summed E-state index contributed by atoms with van der Waals surface area (Å²) >= 11 is 1.55. The van der Waals surface area contributed by atoms with Crippen LogP contribution in [0.25, 0.3) is 0 Å². The fourth-order valence-corrected chi connectivity index (χ4v) is 4.66. The van der Waals surface area contributed by atoms with Gasteiger partial charge in [0.15, 0.2) is 0 Å². The van der Waals surface area contributed by atoms with Crippen molar-refractivity contribution in [3.05, 3.63) is 16.0 Å². The normalized spacial score (nSPS) is 17.5. The molecule has 2 amide bonds. The number of carbonyl (C=O) groups excluding carboxylic acids is 2. The molecule has 2 aliphatic rings. The largest absolute Gasteiger partial charge is 0.450 e. The first-order chi connectivity index (χ1) is 11.2. The monoisotopic (exact) mass is 336 g/mol. The molecule has 1 N–H and O–H groups in total. The van der Waals surface area contributed by atoms with Crippen LogP contribution in [0, 0.1) is 0 Å². The van der Waals surface area contributed by atoms with Crippen LogP contribution in [0.4, 0.5) is 9.80 Å². The summed E-state index contributed by atoms with van der Waals surface area (Å²) in [4.78, 5) is 28.1. The van der Waals surface area contributed by atoms with E-state index in [1.54, 1.807) is 18.3 Å². The number of fused-ring (bicyclic) bond motifs is 1. The van der Waals surface area contributed by atoms with Gasteiger partial charge in [-0.3, -0.25) is 10.1 Å². The highest BCUT2D eigenvalue weighted by atomic mass is 32.1. The minimum absolute atomic E-state index is 0.0795. The molecule has 0 spiro atoms. The van der Waals surface area contributed by atoms with E-state index < -0.39 is 6.09 Å². The van der Waals surface area contributed by atoms with Crippen LogP contribution in [0.3, 0.4) is 0 Å². The van der Waals surface area contributed by atoms with Crippen molar-refractivity contribution in [2.24, 2.45) is 0 Å². The van der Waals surface area contributed by atoms with Crippen molar-refractivity contribution < 1.29 is 14.3 Å². The molecule has 0 aromatic carbocycles. The van der Waals surface area contributed by atoms with E-state index in [9.17, 15) is 9.59 Å². The number of nitrogens with zero attached hydrogens (tertiary/aromatic N) is 1. The highest BCUT2D eigenvalue weighted by Crippen LogP contribution is 2.39. The van der Waals surface area contributed by atoms with Gasteiger partial charge in [-0.15, -0.1) is 11.3 Å². The van der Waals surface area contributed by atoms with E-state index >= 15 is 0 Å². The molecule has 0 saturated carbocycles. The fourth-order valence-electron chi connectivity index (χ4n) is 3.40. The van der Waals surface area contributed by atoms with Gasteiger partial charge in [-0.2, -0.15) is 0 Å². The number of hydrogen-bond donors (Lipinski definition) is 1. The number of ether oxygens (including phenoxy) is 1. The zero-order valence-electron chi connectivity index (χ0n) is 13.7. The third-order valence-corrected chi connectivity index (χ3v) is 5.73. The van der Waals surface area contributed by atoms with Crippen LogP contribution in [-0.2, 0) is 17.6 Å². The lowest BCUT2D eigenvalue weighted by atomic mass is 9.94. The van der Waals surface area contributed by atoms with Crippen LogP contribution >= 0.6 is 11.3 Å². The van der Waals surface area contributed by atoms with E-state index in [0.29, 0.717) is 11.6 Å². The second-order valence-electron chi connectivity index (χ2n) is 6.11. The molecular formula is C17H24N2O3S. The van der Waals surface area contributed by atoms with E-state index in [1.165, 1.54) is 11.3 Å². The van der Waals surface area contributed by atoms with Crippen molar-refractivity contribution in [1.29, 1.82) is 0 Å². The van der Waals surface area contributed by atoms with Crippen LogP contribution in [0.5, 0.6) is 0 Å². The maximum Gasteiger partial charge on any atom is 0.412 e. The average Bonchev–Trinajstić information content (AvgIpc) is 2.93. The van der Waals surface area contributed by atoms with Crippen LogP contribution in [0.15, 0.2) is 0 Å². The number of thiophene rings is 1. The van der Waals surface area contributed by atoms with Gasteiger partial charge in [0.25, 0.3) is 5.91 Å². The van der Waals surface area contributed by atoms with Crippen LogP contribution < -0.4 is 5.32 Å². The number of anilines is 1. The maximum absolute atomic E-state index is 13.0. The summed E-state index contributed by atoms with van der Waals surface area (Å²) in [5.41, 5.74) is 1.88. The zero-order valence-corrected chi connectivity index (χ0v) is 14.5. The van der Waals surface area contributed by atoms with Gasteiger partial charge >= 0.3 is 6.09 Å². The molecule has 1 aromatic heterocycles. The maximum atomic E-state index is 13.0. The molecule has 23 heavy (non-hydrogen) atoms. The summed E-state index contributed by atoms with van der Waals surface area (Å²) in [6, 6.07) is 0. The Hall–Kier alpha value is -1.56. The molecule has 1 saturated heterocycles. The van der Waals surface area contributed by atoms with Crippen molar-refractivity contribution in [3.63, 3.8) is 0 Å². The first-order valence-corrected chi connectivity index (χ1v) is 9.40. The van der Waals surface area contributed by atoms with Gasteiger partial charge in [0.2, 0.25) is 0 Å². The summed E-state index contributed by atoms with van der Waals surface area (Å²) < 4.78 is 4.99. The van der Waals surface area contributed by atoms with Gasteiger partial charge in [0, 0.05) is 18.0 Å². The van der Waals surface area contributed by atoms with Crippen LogP contribution in [-0.4, -0.2) is 36.6 Å². The van der Waals surface area contributed by atoms with E-state index in [4.69, 9.17) is 4.74 Å². The quantitative estimate of drug-likeness (QED) is 0.913. The standard InChI is InChI=1S/C17H24N2O3S/c1-2-22-17(21)18-15-14(12-8-4-5-9-13(12)23-15)16(20)19-10-6-3-7-11-19/h2-11H2,1H3,(H,18,21). The molecule has 3 rings (SSSR count). The third kappa shape index (κ3) is 3.52. The molecule has 1 fully saturated rings. The lowest BCUT2D eigenvalue weighted by Crippen LogP contribution is -2.36. The molecule has 6 heteroatoms. The third-order valence-electron chi connectivity index (χ3n) is 4.52. The van der Waals surface area contributed by atoms with Gasteiger partial charge in [-0.05, 0) is 57.4 Å². The molecule has 0 radical (unpaired) electrons. The van der Waals surface area contributed by atoms with Gasteiger partial charge < -0.3 is 9.64 Å². The van der Waals surface area contributed by atoms with E-state index in [-0.39, 0.29) is 5.91 Å². The molecule has 2 heterocycles. The summed E-state index contributed by atoms with van der Waals surface area (Å²) in [5, 5.41) is 3.47. The molecule has 1 aliphatic carbocycles. The van der Waals surface area contributed by atoms with Crippen molar-refractivity contribution in [2.45, 2.75) is 51.9 Å². The second-order valence-corrected chi connectivity index (χ2v) is 7.22. The predicted molar refractivity (Wildman–Crippen MR) is 91.4 cm³/mol. The number of rotatable bonds is 3. The summed E-state index contributed by atoms with van der Waals surface area (Å²) in [7, 11) is 0. The molecule has 126 valence electrons. The van der Waals surface area contributed by atoms with Crippen molar-refractivity contribution in [2.75, 3.05) is 25.0 Å². The second kappa shape index (κ2) is 7.34. The molecule has 1 aliphatic heterocycles. The fraction of sp³-hybridized carbons (Fsp3) is 0.647. The Labute approximate surface area is 141 Å². The lowest BCUT2D eigenvalue weighted by Gasteiger charge is -2.27. The van der Waals surface area contributed by atoms with E-state index in [1.807, 2.05) is 4.90 Å². The summed E-state index contributed by atoms with van der Waals surface area (Å²) in [6.07, 6.45) is 7.07. The minimum Gasteiger partial charge on any atom is -0.450 e. The van der Waals surface area contributed by atoms with E-state index in [0.717, 1.165) is 62.7 Å². The summed E-state index contributed by atoms with van der Waals surface area (Å²) in [5.74, 6) is 0.0795. The summed E-state index contributed by atoms with van der Waals surface area (Å²) in [6.45, 7) is 3.75. The number of carbonyl (C=O) groups is 2. The number of nitrogens with one attached hydrogen (secondary N) is 1. The highest BCUT2D eigenvalue weighted by Gasteiger charge is 2.29. The average molecular weight is 336 g/mol. The van der Waals surface area contributed by atoms with E-state index in [2.05, 4.69) is 5.32 Å². The Balaban J connectivity index is 1.90. The van der Waals surface area contributed by atoms with Gasteiger partial charge in [-0.1, -0.05) is 0 Å². The van der Waals surface area contributed by atoms with Gasteiger partial charge in [0.1, 0.15) is 5.00 Å². The first-order valence-electron chi connectivity index (χ1n) is 8.58. The lowest BCUT2D eigenvalue weighted by molar-refractivity contribution is 0.0724. The Morgan fingerprint density at radius 2 is 1.87 bits per heavy atom. The molecule has 0 unspecified atom stereocenters. The number of hydrogen-bond acceptors (Lipinski definition) is 4.